The Morgan fingerprint density at radius 3 is 2.07 bits per heavy atom. The number of nitrogens with one attached hydrogen (secondary N) is 4. The van der Waals surface area contributed by atoms with Gasteiger partial charge in [-0.3, -0.25) is 0 Å². The quantitative estimate of drug-likeness (QED) is 0.445. The van der Waals surface area contributed by atoms with Gasteiger partial charge in [0.25, 0.3) is 0 Å². The van der Waals surface area contributed by atoms with Crippen molar-refractivity contribution in [3.63, 3.8) is 0 Å². The average molecular weight is 200 g/mol. The van der Waals surface area contributed by atoms with E-state index < -0.39 is 0 Å². The minimum atomic E-state index is 0.622. The first-order valence-electron chi connectivity index (χ1n) is 5.79. The topological polar surface area (TPSA) is 48.1 Å². The van der Waals surface area contributed by atoms with Gasteiger partial charge in [-0.05, 0) is 6.42 Å². The molecule has 1 heterocycles. The molecular formula is C10H24N4. The summed E-state index contributed by atoms with van der Waals surface area (Å²) in [6.45, 7) is 9.72. The molecule has 0 aliphatic carbocycles. The second-order valence-electron chi connectivity index (χ2n) is 3.76. The molecule has 1 fully saturated rings. The average Bonchev–Trinajstić information content (AvgIpc) is 2.19. The molecule has 0 aromatic carbocycles. The first-order chi connectivity index (χ1) is 6.93. The summed E-state index contributed by atoms with van der Waals surface area (Å²) in [5.74, 6) is 0. The van der Waals surface area contributed by atoms with Gasteiger partial charge in [-0.25, -0.2) is 0 Å². The molecule has 1 rings (SSSR count). The van der Waals surface area contributed by atoms with Crippen molar-refractivity contribution in [1.82, 2.24) is 21.3 Å². The van der Waals surface area contributed by atoms with E-state index in [2.05, 4.69) is 28.2 Å². The standard InChI is InChI=1S/C10H24N4/c1-2-10-9-13-6-5-11-3-4-12-7-8-14-10/h10-14H,2-9H2,1H3. The number of hydrogen-bond acceptors (Lipinski definition) is 4. The number of rotatable bonds is 1. The van der Waals surface area contributed by atoms with E-state index in [-0.39, 0.29) is 0 Å². The molecule has 0 amide bonds. The summed E-state index contributed by atoms with van der Waals surface area (Å²) >= 11 is 0. The SMILES string of the molecule is CCC1CNCCNCCNCCN1. The molecule has 0 radical (unpaired) electrons. The molecule has 1 unspecified atom stereocenters. The van der Waals surface area contributed by atoms with E-state index in [0.717, 1.165) is 45.8 Å². The monoisotopic (exact) mass is 200 g/mol. The normalized spacial score (nSPS) is 27.6. The Morgan fingerprint density at radius 1 is 0.857 bits per heavy atom. The van der Waals surface area contributed by atoms with E-state index in [1.807, 2.05) is 0 Å². The lowest BCUT2D eigenvalue weighted by molar-refractivity contribution is 0.444. The van der Waals surface area contributed by atoms with Gasteiger partial charge in [0, 0.05) is 51.9 Å². The summed E-state index contributed by atoms with van der Waals surface area (Å²) in [7, 11) is 0. The van der Waals surface area contributed by atoms with Gasteiger partial charge in [0.1, 0.15) is 0 Å². The molecule has 4 N–H and O–H groups in total. The summed E-state index contributed by atoms with van der Waals surface area (Å²) in [6, 6.07) is 0.622. The summed E-state index contributed by atoms with van der Waals surface area (Å²) in [5, 5.41) is 13.8. The van der Waals surface area contributed by atoms with Crippen molar-refractivity contribution in [3.05, 3.63) is 0 Å². The Hall–Kier alpha value is -0.160. The zero-order chi connectivity index (χ0) is 10.1. The first-order valence-corrected chi connectivity index (χ1v) is 5.79. The number of hydrogen-bond donors (Lipinski definition) is 4. The highest BCUT2D eigenvalue weighted by Crippen LogP contribution is 1.87. The van der Waals surface area contributed by atoms with Gasteiger partial charge < -0.3 is 21.3 Å². The Morgan fingerprint density at radius 2 is 1.43 bits per heavy atom. The molecule has 1 aliphatic rings. The molecule has 1 aliphatic heterocycles. The Balaban J connectivity index is 2.17. The predicted octanol–water partition coefficient (Wildman–Crippen LogP) is -0.863. The van der Waals surface area contributed by atoms with Crippen LogP contribution in [0.4, 0.5) is 0 Å². The van der Waals surface area contributed by atoms with Crippen LogP contribution < -0.4 is 21.3 Å². The molecule has 84 valence electrons. The van der Waals surface area contributed by atoms with Crippen LogP contribution in [0.15, 0.2) is 0 Å². The molecule has 0 aromatic heterocycles. The predicted molar refractivity (Wildman–Crippen MR) is 60.7 cm³/mol. The maximum Gasteiger partial charge on any atom is 0.0190 e. The van der Waals surface area contributed by atoms with E-state index in [4.69, 9.17) is 0 Å². The smallest absolute Gasteiger partial charge is 0.0190 e. The van der Waals surface area contributed by atoms with Crippen LogP contribution in [0.1, 0.15) is 13.3 Å². The highest BCUT2D eigenvalue weighted by molar-refractivity contribution is 4.69. The molecule has 1 atom stereocenters. The second-order valence-corrected chi connectivity index (χ2v) is 3.76. The van der Waals surface area contributed by atoms with Gasteiger partial charge in [0.2, 0.25) is 0 Å². The maximum absolute atomic E-state index is 3.54. The van der Waals surface area contributed by atoms with Gasteiger partial charge in [0.15, 0.2) is 0 Å². The first kappa shape index (κ1) is 11.9. The van der Waals surface area contributed by atoms with Crippen molar-refractivity contribution in [2.45, 2.75) is 19.4 Å². The van der Waals surface area contributed by atoms with Gasteiger partial charge in [0.05, 0.1) is 0 Å². The Bertz CT molecular complexity index is 117. The molecule has 4 heteroatoms. The zero-order valence-corrected chi connectivity index (χ0v) is 9.23. The van der Waals surface area contributed by atoms with Crippen LogP contribution in [-0.4, -0.2) is 51.9 Å². The van der Waals surface area contributed by atoms with Crippen LogP contribution >= 0.6 is 0 Å². The van der Waals surface area contributed by atoms with Crippen molar-refractivity contribution >= 4 is 0 Å². The van der Waals surface area contributed by atoms with Crippen LogP contribution in [0.5, 0.6) is 0 Å². The van der Waals surface area contributed by atoms with Crippen LogP contribution in [0.3, 0.4) is 0 Å². The van der Waals surface area contributed by atoms with Crippen LogP contribution in [-0.2, 0) is 0 Å². The molecule has 0 saturated carbocycles. The third kappa shape index (κ3) is 5.54. The molecular weight excluding hydrogens is 176 g/mol. The van der Waals surface area contributed by atoms with E-state index in [1.165, 1.54) is 6.42 Å². The highest BCUT2D eigenvalue weighted by Gasteiger charge is 2.04. The molecule has 0 aromatic rings. The van der Waals surface area contributed by atoms with Crippen molar-refractivity contribution < 1.29 is 0 Å². The van der Waals surface area contributed by atoms with Crippen molar-refractivity contribution in [3.8, 4) is 0 Å². The van der Waals surface area contributed by atoms with E-state index in [0.29, 0.717) is 6.04 Å². The lowest BCUT2D eigenvalue weighted by atomic mass is 10.2. The lowest BCUT2D eigenvalue weighted by Gasteiger charge is -2.19. The van der Waals surface area contributed by atoms with E-state index in [9.17, 15) is 0 Å². The van der Waals surface area contributed by atoms with Gasteiger partial charge in [-0.2, -0.15) is 0 Å². The van der Waals surface area contributed by atoms with Crippen LogP contribution in [0.25, 0.3) is 0 Å². The molecule has 1 saturated heterocycles. The second kappa shape index (κ2) is 8.17. The maximum atomic E-state index is 3.54. The summed E-state index contributed by atoms with van der Waals surface area (Å²) in [6.07, 6.45) is 1.19. The fraction of sp³-hybridized carbons (Fsp3) is 1.00. The molecule has 0 spiro atoms. The third-order valence-electron chi connectivity index (χ3n) is 2.58. The van der Waals surface area contributed by atoms with Crippen molar-refractivity contribution in [1.29, 1.82) is 0 Å². The van der Waals surface area contributed by atoms with Gasteiger partial charge >= 0.3 is 0 Å². The zero-order valence-electron chi connectivity index (χ0n) is 9.23. The van der Waals surface area contributed by atoms with Crippen molar-refractivity contribution in [2.75, 3.05) is 45.8 Å². The Labute approximate surface area is 87.2 Å². The summed E-state index contributed by atoms with van der Waals surface area (Å²) < 4.78 is 0. The molecule has 4 nitrogen and oxygen atoms in total. The highest BCUT2D eigenvalue weighted by atomic mass is 15.0. The largest absolute Gasteiger partial charge is 0.314 e. The third-order valence-corrected chi connectivity index (χ3v) is 2.58. The van der Waals surface area contributed by atoms with Crippen molar-refractivity contribution in [2.24, 2.45) is 0 Å². The van der Waals surface area contributed by atoms with Gasteiger partial charge in [-0.1, -0.05) is 6.92 Å². The summed E-state index contributed by atoms with van der Waals surface area (Å²) in [4.78, 5) is 0. The minimum Gasteiger partial charge on any atom is -0.314 e. The van der Waals surface area contributed by atoms with E-state index in [1.54, 1.807) is 0 Å². The summed E-state index contributed by atoms with van der Waals surface area (Å²) in [5.41, 5.74) is 0. The van der Waals surface area contributed by atoms with Gasteiger partial charge in [-0.15, -0.1) is 0 Å². The fourth-order valence-corrected chi connectivity index (χ4v) is 1.61. The molecule has 14 heavy (non-hydrogen) atoms. The van der Waals surface area contributed by atoms with E-state index >= 15 is 0 Å². The lowest BCUT2D eigenvalue weighted by Crippen LogP contribution is -2.44. The van der Waals surface area contributed by atoms with Crippen LogP contribution in [0.2, 0.25) is 0 Å². The Kier molecular flexibility index (Phi) is 6.95. The van der Waals surface area contributed by atoms with Crippen LogP contribution in [0, 0.1) is 0 Å². The molecule has 0 bridgehead atoms. The fourth-order valence-electron chi connectivity index (χ4n) is 1.61. The minimum absolute atomic E-state index is 0.622.